The van der Waals surface area contributed by atoms with Gasteiger partial charge in [-0.1, -0.05) is 29.4 Å². The van der Waals surface area contributed by atoms with Crippen LogP contribution in [-0.2, 0) is 9.63 Å². The Labute approximate surface area is 116 Å². The number of primary amides is 1. The van der Waals surface area contributed by atoms with E-state index in [1.165, 1.54) is 0 Å². The van der Waals surface area contributed by atoms with Crippen LogP contribution in [0, 0.1) is 0 Å². The molecule has 0 saturated heterocycles. The number of amides is 1. The van der Waals surface area contributed by atoms with Crippen molar-refractivity contribution < 1.29 is 9.63 Å². The molecule has 1 unspecified atom stereocenters. The predicted octanol–water partition coefficient (Wildman–Crippen LogP) is 0.357. The molecule has 1 amide bonds. The molecule has 1 atom stereocenters. The third-order valence-electron chi connectivity index (χ3n) is 3.52. The van der Waals surface area contributed by atoms with Crippen LogP contribution in [0.25, 0.3) is 0 Å². The Hall–Kier alpha value is -2.37. The summed E-state index contributed by atoms with van der Waals surface area (Å²) in [5, 5.41) is 3.93. The molecule has 0 aliphatic carbocycles. The fourth-order valence-corrected chi connectivity index (χ4v) is 2.36. The molecule has 2 heterocycles. The molecular formula is C14H16N4O2. The van der Waals surface area contributed by atoms with Gasteiger partial charge in [-0.25, -0.2) is 0 Å². The minimum absolute atomic E-state index is 0.426. The lowest BCUT2D eigenvalue weighted by Gasteiger charge is -2.13. The van der Waals surface area contributed by atoms with Crippen molar-refractivity contribution in [3.8, 4) is 0 Å². The lowest BCUT2D eigenvalue weighted by molar-refractivity contribution is -0.127. The maximum Gasteiger partial charge on any atom is 0.261 e. The Kier molecular flexibility index (Phi) is 3.14. The molecule has 6 heteroatoms. The number of carbonyl (C=O) groups excluding carboxylic acids is 1. The Bertz CT molecular complexity index is 592. The summed E-state index contributed by atoms with van der Waals surface area (Å²) >= 11 is 0. The van der Waals surface area contributed by atoms with Crippen molar-refractivity contribution in [2.24, 2.45) is 15.9 Å². The SMILES string of the molecule is CN1CCN=C1c1ccc(C2=NOC(C(N)=O)C2)cc1. The van der Waals surface area contributed by atoms with Crippen molar-refractivity contribution in [1.29, 1.82) is 0 Å². The number of hydrogen-bond donors (Lipinski definition) is 1. The van der Waals surface area contributed by atoms with Crippen LogP contribution >= 0.6 is 0 Å². The van der Waals surface area contributed by atoms with Crippen LogP contribution in [0.3, 0.4) is 0 Å². The van der Waals surface area contributed by atoms with Gasteiger partial charge in [0.2, 0.25) is 6.10 Å². The van der Waals surface area contributed by atoms with Crippen LogP contribution in [0.5, 0.6) is 0 Å². The molecule has 2 aliphatic rings. The fourth-order valence-electron chi connectivity index (χ4n) is 2.36. The molecule has 2 aliphatic heterocycles. The molecular weight excluding hydrogens is 256 g/mol. The second-order valence-electron chi connectivity index (χ2n) is 4.94. The van der Waals surface area contributed by atoms with Crippen LogP contribution in [0.15, 0.2) is 34.4 Å². The highest BCUT2D eigenvalue weighted by Crippen LogP contribution is 2.18. The molecule has 0 radical (unpaired) electrons. The van der Waals surface area contributed by atoms with Gasteiger partial charge in [-0.2, -0.15) is 0 Å². The Balaban J connectivity index is 1.76. The van der Waals surface area contributed by atoms with Gasteiger partial charge in [0, 0.05) is 25.6 Å². The smallest absolute Gasteiger partial charge is 0.261 e. The van der Waals surface area contributed by atoms with Crippen molar-refractivity contribution in [2.75, 3.05) is 20.1 Å². The molecule has 104 valence electrons. The summed E-state index contributed by atoms with van der Waals surface area (Å²) in [6, 6.07) is 7.96. The van der Waals surface area contributed by atoms with E-state index in [-0.39, 0.29) is 0 Å². The molecule has 0 saturated carbocycles. The van der Waals surface area contributed by atoms with Gasteiger partial charge >= 0.3 is 0 Å². The zero-order valence-electron chi connectivity index (χ0n) is 11.2. The van der Waals surface area contributed by atoms with Crippen molar-refractivity contribution in [3.05, 3.63) is 35.4 Å². The number of nitrogens with two attached hydrogens (primary N) is 1. The first-order valence-electron chi connectivity index (χ1n) is 6.53. The average molecular weight is 272 g/mol. The summed E-state index contributed by atoms with van der Waals surface area (Å²) in [7, 11) is 2.03. The number of likely N-dealkylation sites (N-methyl/N-ethyl adjacent to an activating group) is 1. The van der Waals surface area contributed by atoms with Gasteiger partial charge in [0.25, 0.3) is 5.91 Å². The molecule has 0 bridgehead atoms. The van der Waals surface area contributed by atoms with Crippen molar-refractivity contribution in [1.82, 2.24) is 4.90 Å². The van der Waals surface area contributed by atoms with Gasteiger partial charge in [-0.05, 0) is 5.56 Å². The molecule has 3 rings (SSSR count). The van der Waals surface area contributed by atoms with Gasteiger partial charge in [0.05, 0.1) is 12.3 Å². The largest absolute Gasteiger partial charge is 0.382 e. The zero-order chi connectivity index (χ0) is 14.1. The zero-order valence-corrected chi connectivity index (χ0v) is 11.2. The molecule has 20 heavy (non-hydrogen) atoms. The summed E-state index contributed by atoms with van der Waals surface area (Å²) in [5.74, 6) is 0.526. The minimum Gasteiger partial charge on any atom is -0.382 e. The summed E-state index contributed by atoms with van der Waals surface area (Å²) in [6.45, 7) is 1.80. The topological polar surface area (TPSA) is 80.3 Å². The van der Waals surface area contributed by atoms with E-state index in [0.29, 0.717) is 6.42 Å². The number of oxime groups is 1. The summed E-state index contributed by atoms with van der Waals surface area (Å²) in [4.78, 5) is 22.7. The first-order chi connectivity index (χ1) is 9.65. The molecule has 1 aromatic rings. The first-order valence-corrected chi connectivity index (χ1v) is 6.53. The second kappa shape index (κ2) is 4.96. The Morgan fingerprint density at radius 3 is 2.60 bits per heavy atom. The molecule has 1 aromatic carbocycles. The van der Waals surface area contributed by atoms with Crippen molar-refractivity contribution in [2.45, 2.75) is 12.5 Å². The Morgan fingerprint density at radius 2 is 2.05 bits per heavy atom. The highest BCUT2D eigenvalue weighted by molar-refractivity contribution is 6.05. The summed E-state index contributed by atoms with van der Waals surface area (Å²) < 4.78 is 0. The van der Waals surface area contributed by atoms with E-state index in [1.807, 2.05) is 31.3 Å². The third-order valence-corrected chi connectivity index (χ3v) is 3.52. The fraction of sp³-hybridized carbons (Fsp3) is 0.357. The molecule has 0 aromatic heterocycles. The number of nitrogens with zero attached hydrogens (tertiary/aromatic N) is 3. The minimum atomic E-state index is -0.644. The molecule has 0 fully saturated rings. The average Bonchev–Trinajstić information content (AvgIpc) is 3.07. The van der Waals surface area contributed by atoms with E-state index < -0.39 is 12.0 Å². The Morgan fingerprint density at radius 1 is 1.35 bits per heavy atom. The quantitative estimate of drug-likeness (QED) is 0.862. The maximum absolute atomic E-state index is 11.0. The second-order valence-corrected chi connectivity index (χ2v) is 4.94. The number of benzene rings is 1. The van der Waals surface area contributed by atoms with E-state index >= 15 is 0 Å². The maximum atomic E-state index is 11.0. The number of amidine groups is 1. The van der Waals surface area contributed by atoms with Crippen LogP contribution < -0.4 is 5.73 Å². The van der Waals surface area contributed by atoms with Crippen LogP contribution in [-0.4, -0.2) is 48.6 Å². The summed E-state index contributed by atoms with van der Waals surface area (Å²) in [5.41, 5.74) is 7.98. The van der Waals surface area contributed by atoms with Crippen LogP contribution in [0.4, 0.5) is 0 Å². The van der Waals surface area contributed by atoms with Gasteiger partial charge in [-0.15, -0.1) is 0 Å². The van der Waals surface area contributed by atoms with E-state index in [1.54, 1.807) is 0 Å². The number of aliphatic imine (C=N–C) groups is 1. The molecule has 2 N–H and O–H groups in total. The van der Waals surface area contributed by atoms with Gasteiger partial charge < -0.3 is 15.5 Å². The van der Waals surface area contributed by atoms with Gasteiger partial charge in [0.1, 0.15) is 5.84 Å². The van der Waals surface area contributed by atoms with Gasteiger partial charge in [0.15, 0.2) is 0 Å². The molecule has 6 nitrogen and oxygen atoms in total. The van der Waals surface area contributed by atoms with Crippen molar-refractivity contribution >= 4 is 17.5 Å². The van der Waals surface area contributed by atoms with E-state index in [4.69, 9.17) is 10.6 Å². The lowest BCUT2D eigenvalue weighted by Crippen LogP contribution is -2.28. The van der Waals surface area contributed by atoms with E-state index in [0.717, 1.165) is 35.8 Å². The number of carbonyl (C=O) groups is 1. The highest BCUT2D eigenvalue weighted by atomic mass is 16.6. The summed E-state index contributed by atoms with van der Waals surface area (Å²) in [6.07, 6.45) is -0.217. The van der Waals surface area contributed by atoms with Crippen LogP contribution in [0.2, 0.25) is 0 Å². The number of hydrogen-bond acceptors (Lipinski definition) is 5. The molecule has 0 spiro atoms. The van der Waals surface area contributed by atoms with E-state index in [2.05, 4.69) is 15.0 Å². The lowest BCUT2D eigenvalue weighted by atomic mass is 10.0. The first kappa shape index (κ1) is 12.7. The van der Waals surface area contributed by atoms with Crippen molar-refractivity contribution in [3.63, 3.8) is 0 Å². The van der Waals surface area contributed by atoms with Crippen LogP contribution in [0.1, 0.15) is 17.5 Å². The predicted molar refractivity (Wildman–Crippen MR) is 75.7 cm³/mol. The van der Waals surface area contributed by atoms with E-state index in [9.17, 15) is 4.79 Å². The third kappa shape index (κ3) is 2.24. The highest BCUT2D eigenvalue weighted by Gasteiger charge is 2.26. The number of rotatable bonds is 3. The standard InChI is InChI=1S/C14H16N4O2/c1-18-7-6-16-14(18)10-4-2-9(3-5-10)11-8-12(13(15)19)20-17-11/h2-5,12H,6-8H2,1H3,(H2,15,19). The van der Waals surface area contributed by atoms with Gasteiger partial charge in [-0.3, -0.25) is 9.79 Å². The normalized spacial score (nSPS) is 21.4. The monoisotopic (exact) mass is 272 g/mol.